The summed E-state index contributed by atoms with van der Waals surface area (Å²) in [4.78, 5) is 18.6. The number of thiophene rings is 2. The normalized spacial score (nSPS) is 13.5. The molecule has 0 radical (unpaired) electrons. The molecule has 2 aliphatic heterocycles. The molecule has 2 aromatic carbocycles. The van der Waals surface area contributed by atoms with Crippen LogP contribution < -0.4 is 14.8 Å². The molecule has 2 aromatic heterocycles. The van der Waals surface area contributed by atoms with Gasteiger partial charge in [-0.05, 0) is 92.8 Å². The number of fused-ring (bicyclic) bond motifs is 2. The maximum Gasteiger partial charge on any atom is 0.336 e. The summed E-state index contributed by atoms with van der Waals surface area (Å²) in [6.45, 7) is 8.37. The van der Waals surface area contributed by atoms with Gasteiger partial charge in [-0.2, -0.15) is 0 Å². The Morgan fingerprint density at radius 2 is 1.57 bits per heavy atom. The summed E-state index contributed by atoms with van der Waals surface area (Å²) in [5.74, 6) is -0.202. The summed E-state index contributed by atoms with van der Waals surface area (Å²) in [5, 5.41) is 13.4. The molecule has 0 bridgehead atoms. The van der Waals surface area contributed by atoms with Crippen molar-refractivity contribution in [1.29, 1.82) is 0 Å². The number of nitrogens with zero attached hydrogens (tertiary/aromatic N) is 2. The number of piperidine rings is 1. The van der Waals surface area contributed by atoms with Crippen LogP contribution in [0.2, 0.25) is 0 Å². The second-order valence-electron chi connectivity index (χ2n) is 11.2. The standard InChI is InChI=1S/C37H34N2O3S2/c1-3-38(4-2)25-13-15-29-31(23-25)42-30-22-24(12-14-28(30)36(29)26-10-6-7-11-27(26)37(40)41)32-16-17-33(43-32)34-18-19-35(44-34)39-20-8-5-9-21-39/h6-7,10-19,22-23H,3-5,8-9,20-21H2,1-2H3/p+1. The average Bonchev–Trinajstić information content (AvgIpc) is 3.75. The Morgan fingerprint density at radius 3 is 2.36 bits per heavy atom. The third-order valence-corrected chi connectivity index (χ3v) is 11.1. The first-order valence-corrected chi connectivity index (χ1v) is 17.0. The van der Waals surface area contributed by atoms with Gasteiger partial charge < -0.3 is 14.4 Å². The van der Waals surface area contributed by atoms with E-state index in [1.807, 2.05) is 23.5 Å². The molecule has 1 fully saturated rings. The molecular weight excluding hydrogens is 585 g/mol. The number of hydrogen-bond acceptors (Lipinski definition) is 5. The van der Waals surface area contributed by atoms with E-state index < -0.39 is 5.97 Å². The van der Waals surface area contributed by atoms with E-state index in [0.717, 1.165) is 65.0 Å². The lowest BCUT2D eigenvalue weighted by Crippen LogP contribution is -2.29. The van der Waals surface area contributed by atoms with Crippen molar-refractivity contribution in [3.05, 3.63) is 95.8 Å². The first kappa shape index (κ1) is 28.6. The zero-order valence-electron chi connectivity index (χ0n) is 25.0. The van der Waals surface area contributed by atoms with Crippen molar-refractivity contribution in [1.82, 2.24) is 4.58 Å². The van der Waals surface area contributed by atoms with Gasteiger partial charge in [0.05, 0.1) is 16.6 Å². The Morgan fingerprint density at radius 1 is 0.818 bits per heavy atom. The van der Waals surface area contributed by atoms with Crippen LogP contribution in [0.4, 0.5) is 5.00 Å². The lowest BCUT2D eigenvalue weighted by molar-refractivity contribution is 0.0697. The molecule has 44 heavy (non-hydrogen) atoms. The largest absolute Gasteiger partial charge is 0.478 e. The maximum atomic E-state index is 12.3. The van der Waals surface area contributed by atoms with Crippen LogP contribution in [-0.4, -0.2) is 37.3 Å². The molecule has 0 unspecified atom stereocenters. The predicted octanol–water partition coefficient (Wildman–Crippen LogP) is 9.16. The maximum absolute atomic E-state index is 12.3. The number of hydrogen-bond donors (Lipinski definition) is 1. The van der Waals surface area contributed by atoms with E-state index in [1.54, 1.807) is 23.5 Å². The van der Waals surface area contributed by atoms with E-state index in [4.69, 9.17) is 4.42 Å². The fourth-order valence-electron chi connectivity index (χ4n) is 6.37. The molecule has 0 atom stereocenters. The summed E-state index contributed by atoms with van der Waals surface area (Å²) >= 11 is 3.68. The van der Waals surface area contributed by atoms with E-state index >= 15 is 0 Å². The summed E-state index contributed by atoms with van der Waals surface area (Å²) in [7, 11) is 0. The van der Waals surface area contributed by atoms with Gasteiger partial charge in [0.25, 0.3) is 0 Å². The van der Waals surface area contributed by atoms with E-state index in [-0.39, 0.29) is 5.56 Å². The van der Waals surface area contributed by atoms with Crippen molar-refractivity contribution in [2.24, 2.45) is 0 Å². The fourth-order valence-corrected chi connectivity index (χ4v) is 8.52. The Bertz CT molecular complexity index is 2020. The fraction of sp³-hybridized carbons (Fsp3) is 0.243. The number of benzene rings is 3. The number of anilines is 1. The average molecular weight is 620 g/mol. The van der Waals surface area contributed by atoms with Crippen LogP contribution >= 0.6 is 22.7 Å². The molecule has 0 spiro atoms. The van der Waals surface area contributed by atoms with Crippen LogP contribution in [0.25, 0.3) is 53.6 Å². The lowest BCUT2D eigenvalue weighted by Gasteiger charge is -2.27. The quantitative estimate of drug-likeness (QED) is 0.143. The van der Waals surface area contributed by atoms with Gasteiger partial charge in [-0.3, -0.25) is 0 Å². The number of carboxylic acid groups (broad SMARTS) is 1. The van der Waals surface area contributed by atoms with Gasteiger partial charge in [0.1, 0.15) is 24.4 Å². The minimum absolute atomic E-state index is 0.279. The molecule has 3 aliphatic rings. The molecule has 1 N–H and O–H groups in total. The molecule has 1 aliphatic carbocycles. The van der Waals surface area contributed by atoms with Gasteiger partial charge in [-0.25, -0.2) is 9.37 Å². The Labute approximate surface area is 265 Å². The van der Waals surface area contributed by atoms with Gasteiger partial charge in [0.15, 0.2) is 0 Å². The second kappa shape index (κ2) is 12.1. The molecular formula is C37H35N2O3S2+. The molecule has 4 aromatic rings. The van der Waals surface area contributed by atoms with Crippen LogP contribution in [0, 0.1) is 0 Å². The highest BCUT2D eigenvalue weighted by Gasteiger charge is 2.23. The summed E-state index contributed by atoms with van der Waals surface area (Å²) < 4.78 is 8.93. The summed E-state index contributed by atoms with van der Waals surface area (Å²) in [6, 6.07) is 28.8. The number of aromatic carboxylic acids is 1. The lowest BCUT2D eigenvalue weighted by atomic mass is 9.90. The zero-order chi connectivity index (χ0) is 30.2. The van der Waals surface area contributed by atoms with Crippen LogP contribution in [0.15, 0.2) is 89.3 Å². The monoisotopic (exact) mass is 619 g/mol. The van der Waals surface area contributed by atoms with E-state index in [2.05, 4.69) is 84.0 Å². The number of carboxylic acids is 1. The molecule has 4 heterocycles. The molecule has 222 valence electrons. The number of rotatable bonds is 7. The van der Waals surface area contributed by atoms with Gasteiger partial charge in [0.2, 0.25) is 5.36 Å². The van der Waals surface area contributed by atoms with Crippen molar-refractivity contribution < 1.29 is 14.3 Å². The van der Waals surface area contributed by atoms with Crippen LogP contribution in [0.1, 0.15) is 43.5 Å². The van der Waals surface area contributed by atoms with Crippen LogP contribution in [-0.2, 0) is 0 Å². The Balaban J connectivity index is 1.36. The van der Waals surface area contributed by atoms with Crippen molar-refractivity contribution in [2.75, 3.05) is 31.1 Å². The van der Waals surface area contributed by atoms with Crippen molar-refractivity contribution >= 4 is 44.6 Å². The third-order valence-electron chi connectivity index (χ3n) is 8.65. The minimum atomic E-state index is -0.942. The first-order valence-electron chi connectivity index (χ1n) is 15.4. The predicted molar refractivity (Wildman–Crippen MR) is 184 cm³/mol. The summed E-state index contributed by atoms with van der Waals surface area (Å²) in [6.07, 6.45) is 3.89. The smallest absolute Gasteiger partial charge is 0.336 e. The SMILES string of the molecule is CC[N+](CC)=c1ccc2c(-c3ccccc3C(=O)O)c3ccc(-c4ccc(-c5ccc(N6CCCCC6)s5)s4)cc3oc-2c1. The highest BCUT2D eigenvalue weighted by Crippen LogP contribution is 2.44. The van der Waals surface area contributed by atoms with Crippen LogP contribution in [0.3, 0.4) is 0 Å². The molecule has 1 saturated heterocycles. The van der Waals surface area contributed by atoms with E-state index in [1.165, 1.54) is 38.9 Å². The number of carbonyl (C=O) groups is 1. The van der Waals surface area contributed by atoms with E-state index in [0.29, 0.717) is 5.56 Å². The first-order chi connectivity index (χ1) is 21.5. The van der Waals surface area contributed by atoms with Gasteiger partial charge in [-0.1, -0.05) is 24.3 Å². The second-order valence-corrected chi connectivity index (χ2v) is 13.4. The highest BCUT2D eigenvalue weighted by atomic mass is 32.1. The molecule has 0 amide bonds. The minimum Gasteiger partial charge on any atom is -0.478 e. The molecule has 7 rings (SSSR count). The molecule has 5 nitrogen and oxygen atoms in total. The Kier molecular flexibility index (Phi) is 7.83. The van der Waals surface area contributed by atoms with Gasteiger partial charge >= 0.3 is 5.97 Å². The van der Waals surface area contributed by atoms with Crippen molar-refractivity contribution in [3.63, 3.8) is 0 Å². The van der Waals surface area contributed by atoms with Gasteiger partial charge in [0, 0.05) is 50.3 Å². The summed E-state index contributed by atoms with van der Waals surface area (Å²) in [5.41, 5.74) is 4.57. The Hall–Kier alpha value is -4.20. The third kappa shape index (κ3) is 5.24. The van der Waals surface area contributed by atoms with Gasteiger partial charge in [-0.15, -0.1) is 22.7 Å². The van der Waals surface area contributed by atoms with Crippen LogP contribution in [0.5, 0.6) is 0 Å². The topological polar surface area (TPSA) is 56.7 Å². The zero-order valence-corrected chi connectivity index (χ0v) is 26.6. The van der Waals surface area contributed by atoms with Crippen molar-refractivity contribution in [2.45, 2.75) is 33.1 Å². The van der Waals surface area contributed by atoms with Crippen molar-refractivity contribution in [3.8, 4) is 42.6 Å². The molecule has 0 saturated carbocycles. The molecule has 7 heteroatoms. The van der Waals surface area contributed by atoms with E-state index in [9.17, 15) is 9.90 Å². The highest BCUT2D eigenvalue weighted by molar-refractivity contribution is 7.25.